The molecule has 0 radical (unpaired) electrons. The lowest BCUT2D eigenvalue weighted by Gasteiger charge is -2.32. The Labute approximate surface area is 224 Å². The second kappa shape index (κ2) is 12.7. The maximum absolute atomic E-state index is 13.8. The molecule has 0 aliphatic heterocycles. The molecular weight excluding hydrogens is 505 g/mol. The van der Waals surface area contributed by atoms with Gasteiger partial charge in [0.15, 0.2) is 0 Å². The van der Waals surface area contributed by atoms with E-state index in [2.05, 4.69) is 5.32 Å². The number of sulfonamides is 1. The van der Waals surface area contributed by atoms with Gasteiger partial charge in [0.1, 0.15) is 18.4 Å². The summed E-state index contributed by atoms with van der Waals surface area (Å²) in [6.45, 7) is 7.32. The standard InChI is InChI=1S/C29H34FN3O4S/c1-5-17-31-29(35)23(4)32(19-24-8-6-7-22(3)18-24)28(34)20-33(26-13-11-25(30)12-14-26)38(36,37)27-15-9-21(2)10-16-27/h6-16,18,23H,5,17,19-20H2,1-4H3,(H,31,35)/t23-/m1/s1. The number of hydrogen-bond acceptors (Lipinski definition) is 4. The molecule has 0 fully saturated rings. The first-order valence-electron chi connectivity index (χ1n) is 12.5. The summed E-state index contributed by atoms with van der Waals surface area (Å²) in [6.07, 6.45) is 0.734. The van der Waals surface area contributed by atoms with Gasteiger partial charge in [-0.05, 0) is 69.2 Å². The van der Waals surface area contributed by atoms with Crippen LogP contribution in [0.1, 0.15) is 37.0 Å². The summed E-state index contributed by atoms with van der Waals surface area (Å²) in [4.78, 5) is 28.0. The van der Waals surface area contributed by atoms with E-state index in [0.29, 0.717) is 6.54 Å². The first-order valence-corrected chi connectivity index (χ1v) is 13.9. The van der Waals surface area contributed by atoms with Crippen molar-refractivity contribution < 1.29 is 22.4 Å². The molecule has 9 heteroatoms. The number of aryl methyl sites for hydroxylation is 2. The second-order valence-electron chi connectivity index (χ2n) is 9.28. The van der Waals surface area contributed by atoms with Gasteiger partial charge in [-0.1, -0.05) is 54.4 Å². The first-order chi connectivity index (χ1) is 18.0. The third-order valence-corrected chi connectivity index (χ3v) is 7.94. The molecule has 3 rings (SSSR count). The number of hydrogen-bond donors (Lipinski definition) is 1. The number of benzene rings is 3. The van der Waals surface area contributed by atoms with Crippen LogP contribution in [0.25, 0.3) is 0 Å². The van der Waals surface area contributed by atoms with Gasteiger partial charge in [-0.25, -0.2) is 12.8 Å². The molecule has 0 saturated heterocycles. The molecule has 3 aromatic rings. The zero-order valence-electron chi connectivity index (χ0n) is 22.1. The molecule has 202 valence electrons. The van der Waals surface area contributed by atoms with Crippen LogP contribution in [0.4, 0.5) is 10.1 Å². The van der Waals surface area contributed by atoms with Crippen LogP contribution in [0.15, 0.2) is 77.7 Å². The zero-order chi connectivity index (χ0) is 27.9. The second-order valence-corrected chi connectivity index (χ2v) is 11.1. The van der Waals surface area contributed by atoms with E-state index in [1.807, 2.05) is 45.0 Å². The predicted octanol–water partition coefficient (Wildman–Crippen LogP) is 4.58. The van der Waals surface area contributed by atoms with Crippen molar-refractivity contribution in [2.45, 2.75) is 51.6 Å². The molecule has 0 heterocycles. The fourth-order valence-electron chi connectivity index (χ4n) is 3.96. The SMILES string of the molecule is CCCNC(=O)[C@@H](C)N(Cc1cccc(C)c1)C(=O)CN(c1ccc(F)cc1)S(=O)(=O)c1ccc(C)cc1. The summed E-state index contributed by atoms with van der Waals surface area (Å²) in [6, 6.07) is 17.9. The molecule has 0 spiro atoms. The topological polar surface area (TPSA) is 86.8 Å². The molecule has 0 aliphatic rings. The fourth-order valence-corrected chi connectivity index (χ4v) is 5.37. The Bertz CT molecular complexity index is 1360. The number of carbonyl (C=O) groups is 2. The van der Waals surface area contributed by atoms with Gasteiger partial charge in [0, 0.05) is 13.1 Å². The van der Waals surface area contributed by atoms with Crippen LogP contribution in [0.3, 0.4) is 0 Å². The van der Waals surface area contributed by atoms with E-state index in [-0.39, 0.29) is 23.0 Å². The third-order valence-electron chi connectivity index (χ3n) is 6.15. The Morgan fingerprint density at radius 1 is 0.947 bits per heavy atom. The van der Waals surface area contributed by atoms with Gasteiger partial charge in [0.05, 0.1) is 10.6 Å². The van der Waals surface area contributed by atoms with Crippen LogP contribution in [0.5, 0.6) is 0 Å². The van der Waals surface area contributed by atoms with Crippen LogP contribution >= 0.6 is 0 Å². The minimum atomic E-state index is -4.19. The highest BCUT2D eigenvalue weighted by Gasteiger charge is 2.32. The van der Waals surface area contributed by atoms with Crippen LogP contribution in [-0.2, 0) is 26.2 Å². The van der Waals surface area contributed by atoms with Crippen LogP contribution in [0, 0.1) is 19.7 Å². The summed E-state index contributed by atoms with van der Waals surface area (Å²) in [5.41, 5.74) is 2.82. The van der Waals surface area contributed by atoms with Crippen molar-refractivity contribution in [1.82, 2.24) is 10.2 Å². The lowest BCUT2D eigenvalue weighted by molar-refractivity contribution is -0.139. The van der Waals surface area contributed by atoms with Crippen LogP contribution in [0.2, 0.25) is 0 Å². The summed E-state index contributed by atoms with van der Waals surface area (Å²) >= 11 is 0. The molecular formula is C29H34FN3O4S. The predicted molar refractivity (Wildman–Crippen MR) is 147 cm³/mol. The van der Waals surface area contributed by atoms with Crippen molar-refractivity contribution in [3.05, 3.63) is 95.3 Å². The van der Waals surface area contributed by atoms with E-state index in [1.54, 1.807) is 19.1 Å². The first kappa shape index (κ1) is 28.8. The van der Waals surface area contributed by atoms with Crippen molar-refractivity contribution in [2.75, 3.05) is 17.4 Å². The highest BCUT2D eigenvalue weighted by Crippen LogP contribution is 2.25. The smallest absolute Gasteiger partial charge is 0.264 e. The molecule has 7 nitrogen and oxygen atoms in total. The van der Waals surface area contributed by atoms with Gasteiger partial charge < -0.3 is 10.2 Å². The number of anilines is 1. The lowest BCUT2D eigenvalue weighted by Crippen LogP contribution is -2.51. The monoisotopic (exact) mass is 539 g/mol. The largest absolute Gasteiger partial charge is 0.354 e. The van der Waals surface area contributed by atoms with Gasteiger partial charge >= 0.3 is 0 Å². The molecule has 0 unspecified atom stereocenters. The number of amides is 2. The maximum Gasteiger partial charge on any atom is 0.264 e. The Balaban J connectivity index is 2.01. The number of halogens is 1. The average molecular weight is 540 g/mol. The fraction of sp³-hybridized carbons (Fsp3) is 0.310. The minimum Gasteiger partial charge on any atom is -0.354 e. The maximum atomic E-state index is 13.8. The summed E-state index contributed by atoms with van der Waals surface area (Å²) in [5, 5.41) is 2.81. The highest BCUT2D eigenvalue weighted by molar-refractivity contribution is 7.92. The summed E-state index contributed by atoms with van der Waals surface area (Å²) in [5.74, 6) is -1.43. The molecule has 0 saturated carbocycles. The Morgan fingerprint density at radius 2 is 1.61 bits per heavy atom. The van der Waals surface area contributed by atoms with E-state index in [4.69, 9.17) is 0 Å². The molecule has 1 atom stereocenters. The van der Waals surface area contributed by atoms with Crippen molar-refractivity contribution in [3.8, 4) is 0 Å². The molecule has 3 aromatic carbocycles. The van der Waals surface area contributed by atoms with Gasteiger partial charge in [-0.3, -0.25) is 13.9 Å². The number of nitrogens with zero attached hydrogens (tertiary/aromatic N) is 2. The van der Waals surface area contributed by atoms with E-state index in [0.717, 1.165) is 39.5 Å². The van der Waals surface area contributed by atoms with E-state index in [1.165, 1.54) is 29.2 Å². The van der Waals surface area contributed by atoms with Crippen molar-refractivity contribution in [2.24, 2.45) is 0 Å². The Morgan fingerprint density at radius 3 is 2.21 bits per heavy atom. The Kier molecular flexibility index (Phi) is 9.63. The average Bonchev–Trinajstić information content (AvgIpc) is 2.89. The van der Waals surface area contributed by atoms with Gasteiger partial charge in [-0.15, -0.1) is 0 Å². The number of rotatable bonds is 11. The molecule has 2 amide bonds. The number of carbonyl (C=O) groups excluding carboxylic acids is 2. The van der Waals surface area contributed by atoms with E-state index < -0.39 is 34.3 Å². The third kappa shape index (κ3) is 7.19. The van der Waals surface area contributed by atoms with Gasteiger partial charge in [0.2, 0.25) is 11.8 Å². The lowest BCUT2D eigenvalue weighted by atomic mass is 10.1. The van der Waals surface area contributed by atoms with E-state index in [9.17, 15) is 22.4 Å². The van der Waals surface area contributed by atoms with E-state index >= 15 is 0 Å². The highest BCUT2D eigenvalue weighted by atomic mass is 32.2. The van der Waals surface area contributed by atoms with Gasteiger partial charge in [0.25, 0.3) is 10.0 Å². The molecule has 0 bridgehead atoms. The quantitative estimate of drug-likeness (QED) is 0.387. The zero-order valence-corrected chi connectivity index (χ0v) is 23.0. The molecule has 1 N–H and O–H groups in total. The van der Waals surface area contributed by atoms with Gasteiger partial charge in [-0.2, -0.15) is 0 Å². The summed E-state index contributed by atoms with van der Waals surface area (Å²) in [7, 11) is -4.19. The Hall–Kier alpha value is -3.72. The van der Waals surface area contributed by atoms with Crippen LogP contribution < -0.4 is 9.62 Å². The molecule has 38 heavy (non-hydrogen) atoms. The molecule has 0 aliphatic carbocycles. The minimum absolute atomic E-state index is 0.000744. The summed E-state index contributed by atoms with van der Waals surface area (Å²) < 4.78 is 42.1. The van der Waals surface area contributed by atoms with Crippen molar-refractivity contribution >= 4 is 27.5 Å². The van der Waals surface area contributed by atoms with Crippen molar-refractivity contribution in [3.63, 3.8) is 0 Å². The van der Waals surface area contributed by atoms with Crippen molar-refractivity contribution in [1.29, 1.82) is 0 Å². The van der Waals surface area contributed by atoms with Crippen LogP contribution in [-0.4, -0.2) is 44.3 Å². The number of nitrogens with one attached hydrogen (secondary N) is 1. The normalized spacial score (nSPS) is 12.0. The molecule has 0 aromatic heterocycles.